The summed E-state index contributed by atoms with van der Waals surface area (Å²) in [5.41, 5.74) is 5.32. The molecule has 0 saturated carbocycles. The molecule has 2 aliphatic rings. The SMILES string of the molecule is CN(C)C/C=C/C(=O)CC1CCN(Cc2ccnc(C(=O)Cc3ccc(-c4cc5c(N6CCOCC6)ncnc5[nH]4)cc3)c2)CC1. The molecule has 6 rings (SSSR count). The van der Waals surface area contributed by atoms with Crippen molar-refractivity contribution < 1.29 is 14.3 Å². The van der Waals surface area contributed by atoms with Crippen molar-refractivity contribution in [3.63, 3.8) is 0 Å². The fourth-order valence-corrected chi connectivity index (χ4v) is 6.27. The Morgan fingerprint density at radius 1 is 0.978 bits per heavy atom. The van der Waals surface area contributed by atoms with Gasteiger partial charge in [-0.05, 0) is 86.9 Å². The second-order valence-electron chi connectivity index (χ2n) is 12.6. The number of aromatic nitrogens is 4. The van der Waals surface area contributed by atoms with Crippen LogP contribution in [-0.4, -0.2) is 101 Å². The first-order valence-corrected chi connectivity index (χ1v) is 16.2. The van der Waals surface area contributed by atoms with Gasteiger partial charge in [0, 0.05) is 50.9 Å². The summed E-state index contributed by atoms with van der Waals surface area (Å²) in [5, 5.41) is 0.993. The zero-order valence-electron chi connectivity index (χ0n) is 26.8. The number of hydrogen-bond acceptors (Lipinski definition) is 9. The van der Waals surface area contributed by atoms with E-state index >= 15 is 0 Å². The Hall–Kier alpha value is -4.25. The van der Waals surface area contributed by atoms with Gasteiger partial charge in [-0.15, -0.1) is 0 Å². The van der Waals surface area contributed by atoms with E-state index in [2.05, 4.69) is 35.8 Å². The number of ether oxygens (including phenoxy) is 1. The van der Waals surface area contributed by atoms with Gasteiger partial charge in [0.15, 0.2) is 11.6 Å². The maximum Gasteiger partial charge on any atom is 0.185 e. The molecular weight excluding hydrogens is 578 g/mol. The number of pyridine rings is 1. The van der Waals surface area contributed by atoms with Gasteiger partial charge >= 0.3 is 0 Å². The summed E-state index contributed by atoms with van der Waals surface area (Å²) in [6.07, 6.45) is 9.96. The van der Waals surface area contributed by atoms with Crippen molar-refractivity contribution in [1.82, 2.24) is 29.7 Å². The lowest BCUT2D eigenvalue weighted by molar-refractivity contribution is -0.115. The second kappa shape index (κ2) is 14.9. The van der Waals surface area contributed by atoms with Gasteiger partial charge < -0.3 is 19.5 Å². The number of morpholine rings is 1. The molecule has 0 radical (unpaired) electrons. The van der Waals surface area contributed by atoms with Gasteiger partial charge in [0.25, 0.3) is 0 Å². The number of aromatic amines is 1. The topological polar surface area (TPSA) is 108 Å². The lowest BCUT2D eigenvalue weighted by atomic mass is 9.91. The molecule has 46 heavy (non-hydrogen) atoms. The van der Waals surface area contributed by atoms with E-state index in [-0.39, 0.29) is 11.6 Å². The fraction of sp³-hybridized carbons (Fsp3) is 0.417. The number of H-pyrrole nitrogens is 1. The van der Waals surface area contributed by atoms with Crippen LogP contribution in [0.25, 0.3) is 22.3 Å². The molecule has 10 nitrogen and oxygen atoms in total. The quantitative estimate of drug-likeness (QED) is 0.180. The lowest BCUT2D eigenvalue weighted by Crippen LogP contribution is -2.36. The largest absolute Gasteiger partial charge is 0.378 e. The number of hydrogen-bond donors (Lipinski definition) is 1. The second-order valence-corrected chi connectivity index (χ2v) is 12.6. The minimum atomic E-state index is 0.00480. The summed E-state index contributed by atoms with van der Waals surface area (Å²) in [6, 6.07) is 14.1. The van der Waals surface area contributed by atoms with E-state index in [4.69, 9.17) is 4.74 Å². The van der Waals surface area contributed by atoms with Crippen molar-refractivity contribution in [1.29, 1.82) is 0 Å². The first-order chi connectivity index (χ1) is 22.4. The van der Waals surface area contributed by atoms with Crippen LogP contribution < -0.4 is 4.90 Å². The van der Waals surface area contributed by atoms with Gasteiger partial charge in [0.2, 0.25) is 0 Å². The summed E-state index contributed by atoms with van der Waals surface area (Å²) in [4.78, 5) is 49.1. The smallest absolute Gasteiger partial charge is 0.185 e. The Labute approximate surface area is 270 Å². The molecular formula is C36H43N7O3. The third kappa shape index (κ3) is 8.12. The molecule has 2 fully saturated rings. The molecule has 2 aliphatic heterocycles. The molecule has 0 aliphatic carbocycles. The molecule has 4 aromatic rings. The van der Waals surface area contributed by atoms with Gasteiger partial charge in [-0.2, -0.15) is 0 Å². The number of allylic oxidation sites excluding steroid dienone is 1. The molecule has 0 amide bonds. The van der Waals surface area contributed by atoms with Crippen molar-refractivity contribution >= 4 is 28.4 Å². The predicted octanol–water partition coefficient (Wildman–Crippen LogP) is 4.57. The van der Waals surface area contributed by atoms with Crippen LogP contribution in [0.2, 0.25) is 0 Å². The van der Waals surface area contributed by atoms with Crippen LogP contribution in [0, 0.1) is 5.92 Å². The highest BCUT2D eigenvalue weighted by molar-refractivity contribution is 5.96. The number of rotatable bonds is 12. The lowest BCUT2D eigenvalue weighted by Gasteiger charge is -2.31. The summed E-state index contributed by atoms with van der Waals surface area (Å²) in [5.74, 6) is 1.59. The van der Waals surface area contributed by atoms with Crippen molar-refractivity contribution in [2.45, 2.75) is 32.2 Å². The Kier molecular flexibility index (Phi) is 10.3. The van der Waals surface area contributed by atoms with E-state index < -0.39 is 0 Å². The third-order valence-electron chi connectivity index (χ3n) is 8.83. The van der Waals surface area contributed by atoms with Gasteiger partial charge in [-0.3, -0.25) is 19.5 Å². The van der Waals surface area contributed by atoms with Crippen molar-refractivity contribution in [2.75, 3.05) is 64.9 Å². The minimum absolute atomic E-state index is 0.00480. The first-order valence-electron chi connectivity index (χ1n) is 16.2. The average Bonchev–Trinajstić information content (AvgIpc) is 3.51. The van der Waals surface area contributed by atoms with E-state index in [0.29, 0.717) is 37.7 Å². The van der Waals surface area contributed by atoms with Crippen LogP contribution in [0.1, 0.15) is 40.9 Å². The summed E-state index contributed by atoms with van der Waals surface area (Å²) in [6.45, 7) is 6.48. The Morgan fingerprint density at radius 3 is 2.52 bits per heavy atom. The molecule has 0 bridgehead atoms. The number of nitrogens with one attached hydrogen (secondary N) is 1. The van der Waals surface area contributed by atoms with E-state index in [1.807, 2.05) is 61.5 Å². The number of carbonyl (C=O) groups excluding carboxylic acids is 2. The van der Waals surface area contributed by atoms with Gasteiger partial charge in [0.05, 0.1) is 18.6 Å². The van der Waals surface area contributed by atoms with Gasteiger partial charge in [-0.25, -0.2) is 9.97 Å². The van der Waals surface area contributed by atoms with Crippen molar-refractivity contribution in [3.8, 4) is 11.3 Å². The number of anilines is 1. The molecule has 10 heteroatoms. The van der Waals surface area contributed by atoms with Gasteiger partial charge in [0.1, 0.15) is 23.5 Å². The highest BCUT2D eigenvalue weighted by atomic mass is 16.5. The number of Topliss-reactive ketones (excluding diaryl/α,β-unsaturated/α-hetero) is 1. The van der Waals surface area contributed by atoms with Gasteiger partial charge in [-0.1, -0.05) is 30.3 Å². The van der Waals surface area contributed by atoms with Crippen LogP contribution in [0.15, 0.2) is 67.1 Å². The number of benzene rings is 1. The maximum absolute atomic E-state index is 13.2. The Balaban J connectivity index is 1.02. The highest BCUT2D eigenvalue weighted by Crippen LogP contribution is 2.29. The molecule has 2 saturated heterocycles. The average molecular weight is 622 g/mol. The number of piperidine rings is 1. The molecule has 0 atom stereocenters. The van der Waals surface area contributed by atoms with Crippen LogP contribution >= 0.6 is 0 Å². The molecule has 1 aromatic carbocycles. The summed E-state index contributed by atoms with van der Waals surface area (Å²) >= 11 is 0. The number of likely N-dealkylation sites (N-methyl/N-ethyl adjacent to an activating group) is 1. The number of ketones is 2. The molecule has 3 aromatic heterocycles. The monoisotopic (exact) mass is 621 g/mol. The van der Waals surface area contributed by atoms with E-state index in [1.54, 1.807) is 18.6 Å². The maximum atomic E-state index is 13.2. The predicted molar refractivity (Wildman–Crippen MR) is 180 cm³/mol. The zero-order valence-corrected chi connectivity index (χ0v) is 26.8. The Bertz CT molecular complexity index is 1670. The van der Waals surface area contributed by atoms with E-state index in [9.17, 15) is 9.59 Å². The van der Waals surface area contributed by atoms with Crippen molar-refractivity contribution in [3.05, 3.63) is 84.0 Å². The standard InChI is InChI=1S/C36H43N7O3/c1-41(2)13-3-4-30(44)20-27-10-14-42(15-11-27)24-28-9-12-37-33(21-28)34(45)22-26-5-7-29(8-6-26)32-23-31-35(40-32)38-25-39-36(31)43-16-18-46-19-17-43/h3-9,12,21,23,25,27H,10-11,13-20,22,24H2,1-2H3,(H,38,39,40)/b4-3+. The minimum Gasteiger partial charge on any atom is -0.378 e. The molecule has 0 spiro atoms. The van der Waals surface area contributed by atoms with Crippen LogP contribution in [0.3, 0.4) is 0 Å². The number of carbonyl (C=O) groups is 2. The van der Waals surface area contributed by atoms with Crippen LogP contribution in [0.4, 0.5) is 5.82 Å². The number of fused-ring (bicyclic) bond motifs is 1. The fourth-order valence-electron chi connectivity index (χ4n) is 6.27. The highest BCUT2D eigenvalue weighted by Gasteiger charge is 2.22. The molecule has 5 heterocycles. The zero-order chi connectivity index (χ0) is 31.9. The number of likely N-dealkylation sites (tertiary alicyclic amines) is 1. The van der Waals surface area contributed by atoms with E-state index in [0.717, 1.165) is 91.3 Å². The normalized spacial score (nSPS) is 16.5. The first kappa shape index (κ1) is 31.7. The molecule has 0 unspecified atom stereocenters. The van der Waals surface area contributed by atoms with Crippen molar-refractivity contribution in [2.24, 2.45) is 5.92 Å². The van der Waals surface area contributed by atoms with Crippen LogP contribution in [-0.2, 0) is 22.5 Å². The third-order valence-corrected chi connectivity index (χ3v) is 8.83. The summed E-state index contributed by atoms with van der Waals surface area (Å²) < 4.78 is 5.50. The summed E-state index contributed by atoms with van der Waals surface area (Å²) in [7, 11) is 3.99. The van der Waals surface area contributed by atoms with Crippen LogP contribution in [0.5, 0.6) is 0 Å². The van der Waals surface area contributed by atoms with E-state index in [1.165, 1.54) is 0 Å². The Morgan fingerprint density at radius 2 is 1.76 bits per heavy atom. The molecule has 1 N–H and O–H groups in total. The molecule has 240 valence electrons. The number of nitrogens with zero attached hydrogens (tertiary/aromatic N) is 6.